The number of H-pyrrole nitrogens is 4. The second kappa shape index (κ2) is 17.3. The predicted molar refractivity (Wildman–Crippen MR) is 369 cm³/mol. The highest BCUT2D eigenvalue weighted by molar-refractivity contribution is 6.25. The zero-order valence-corrected chi connectivity index (χ0v) is 55.2. The highest BCUT2D eigenvalue weighted by Crippen LogP contribution is 2.52. The highest BCUT2D eigenvalue weighted by Gasteiger charge is 2.32. The van der Waals surface area contributed by atoms with E-state index in [4.69, 9.17) is 0 Å². The number of aromatic nitrogens is 4. The van der Waals surface area contributed by atoms with Crippen molar-refractivity contribution in [2.75, 3.05) is 0 Å². The van der Waals surface area contributed by atoms with Gasteiger partial charge in [0.15, 0.2) is 0 Å². The largest absolute Gasteiger partial charge is 0.353 e. The molecule has 1 aliphatic carbocycles. The Morgan fingerprint density at radius 2 is 0.250 bits per heavy atom. The summed E-state index contributed by atoms with van der Waals surface area (Å²) in [5.74, 6) is 0. The van der Waals surface area contributed by atoms with E-state index in [2.05, 4.69) is 283 Å². The fourth-order valence-electron chi connectivity index (χ4n) is 13.6. The number of fused-ring (bicyclic) bond motifs is 4. The molecule has 4 heteroatoms. The lowest BCUT2D eigenvalue weighted by atomic mass is 9.80. The van der Waals surface area contributed by atoms with Gasteiger partial charge in [-0.1, -0.05) is 166 Å². The van der Waals surface area contributed by atoms with Crippen molar-refractivity contribution < 1.29 is 0 Å². The molecule has 0 atom stereocenters. The molecule has 1 aliphatic rings. The maximum absolute atomic E-state index is 4.34. The number of hydrogen-bond acceptors (Lipinski definition) is 0. The number of nitrogens with one attached hydrogen (secondary N) is 4. The Balaban J connectivity index is 1.36. The second-order valence-corrected chi connectivity index (χ2v) is 34.1. The van der Waals surface area contributed by atoms with Crippen molar-refractivity contribution >= 4 is 87.2 Å². The van der Waals surface area contributed by atoms with Gasteiger partial charge in [-0.05, 0) is 185 Å². The summed E-state index contributed by atoms with van der Waals surface area (Å²) in [6.07, 6.45) is 0. The fourth-order valence-corrected chi connectivity index (χ4v) is 13.6. The van der Waals surface area contributed by atoms with E-state index in [-0.39, 0.29) is 43.3 Å². The third kappa shape index (κ3) is 8.71. The number of rotatable bonds is 0. The van der Waals surface area contributed by atoms with Crippen LogP contribution in [0, 0.1) is 0 Å². The quantitative estimate of drug-likeness (QED) is 0.117. The fraction of sp³-hybridized carbons (Fsp3) is 0.400. The maximum Gasteiger partial charge on any atom is 0.0545 e. The summed E-state index contributed by atoms with van der Waals surface area (Å²) in [5, 5.41) is 10.1. The van der Waals surface area contributed by atoms with Crippen LogP contribution in [0.5, 0.6) is 0 Å². The van der Waals surface area contributed by atoms with Gasteiger partial charge in [0.25, 0.3) is 0 Å². The Morgan fingerprint density at radius 1 is 0.155 bits per heavy atom. The molecule has 432 valence electrons. The molecule has 0 fully saturated rings. The number of hydrogen-bond donors (Lipinski definition) is 4. The summed E-state index contributed by atoms with van der Waals surface area (Å²) >= 11 is 0. The zero-order chi connectivity index (χ0) is 60.6. The van der Waals surface area contributed by atoms with Gasteiger partial charge in [-0.2, -0.15) is 0 Å². The second-order valence-electron chi connectivity index (χ2n) is 34.1. The van der Waals surface area contributed by atoms with Crippen molar-refractivity contribution in [3.63, 3.8) is 0 Å². The Hall–Kier alpha value is -7.04. The third-order valence-corrected chi connectivity index (χ3v) is 19.4. The van der Waals surface area contributed by atoms with Crippen molar-refractivity contribution in [2.24, 2.45) is 0 Å². The molecule has 0 saturated carbocycles. The monoisotopic (exact) mass is 1110 g/mol. The van der Waals surface area contributed by atoms with Crippen LogP contribution in [0.1, 0.15) is 211 Å². The number of aromatic amines is 4. The van der Waals surface area contributed by atoms with E-state index in [1.54, 1.807) is 0 Å². The minimum Gasteiger partial charge on any atom is -0.353 e. The average molecular weight is 1110 g/mol. The van der Waals surface area contributed by atoms with E-state index in [1.165, 1.54) is 176 Å². The van der Waals surface area contributed by atoms with E-state index in [9.17, 15) is 0 Å². The van der Waals surface area contributed by atoms with Gasteiger partial charge in [0.1, 0.15) is 0 Å². The molecule has 0 unspecified atom stereocenters. The molecular formula is C80H92N4. The first-order chi connectivity index (χ1) is 38.6. The maximum atomic E-state index is 4.34. The molecule has 0 radical (unpaired) electrons. The van der Waals surface area contributed by atoms with E-state index in [0.717, 1.165) is 0 Å². The van der Waals surface area contributed by atoms with Crippen LogP contribution < -0.4 is 0 Å². The van der Waals surface area contributed by atoms with Crippen LogP contribution in [-0.2, 0) is 43.3 Å². The van der Waals surface area contributed by atoms with Crippen molar-refractivity contribution in [1.29, 1.82) is 0 Å². The minimum atomic E-state index is -0.143. The molecular weight excluding hydrogens is 1020 g/mol. The van der Waals surface area contributed by atoms with Crippen LogP contribution in [0.4, 0.5) is 0 Å². The Labute approximate surface area is 500 Å². The molecule has 4 nitrogen and oxygen atoms in total. The first-order valence-corrected chi connectivity index (χ1v) is 31.2. The summed E-state index contributed by atoms with van der Waals surface area (Å²) in [5.41, 5.74) is 28.5. The van der Waals surface area contributed by atoms with E-state index in [1.807, 2.05) is 0 Å². The zero-order valence-electron chi connectivity index (χ0n) is 55.2. The van der Waals surface area contributed by atoms with Gasteiger partial charge < -0.3 is 19.9 Å². The summed E-state index contributed by atoms with van der Waals surface area (Å²) < 4.78 is 0. The van der Waals surface area contributed by atoms with Crippen molar-refractivity contribution in [1.82, 2.24) is 19.9 Å². The van der Waals surface area contributed by atoms with Gasteiger partial charge in [-0.15, -0.1) is 0 Å². The summed E-state index contributed by atoms with van der Waals surface area (Å²) in [4.78, 5) is 17.4. The molecule has 13 rings (SSSR count). The Kier molecular flexibility index (Phi) is 11.6. The molecule has 0 saturated heterocycles. The summed E-state index contributed by atoms with van der Waals surface area (Å²) in [6, 6.07) is 40.3. The van der Waals surface area contributed by atoms with Gasteiger partial charge >= 0.3 is 0 Å². The van der Waals surface area contributed by atoms with Gasteiger partial charge in [0.05, 0.1) is 44.1 Å². The average Bonchev–Trinajstić information content (AvgIpc) is 3.30. The van der Waals surface area contributed by atoms with Gasteiger partial charge in [-0.25, -0.2) is 0 Å². The molecule has 0 amide bonds. The van der Waals surface area contributed by atoms with Crippen molar-refractivity contribution in [3.05, 3.63) is 142 Å². The van der Waals surface area contributed by atoms with Gasteiger partial charge in [0, 0.05) is 87.6 Å². The lowest BCUT2D eigenvalue weighted by Gasteiger charge is -2.24. The lowest BCUT2D eigenvalue weighted by Crippen LogP contribution is -2.12. The first-order valence-electron chi connectivity index (χ1n) is 31.2. The van der Waals surface area contributed by atoms with Crippen molar-refractivity contribution in [3.8, 4) is 44.5 Å². The first kappa shape index (κ1) is 56.1. The number of benzene rings is 8. The molecule has 0 aliphatic heterocycles. The van der Waals surface area contributed by atoms with Crippen LogP contribution in [0.25, 0.3) is 132 Å². The minimum absolute atomic E-state index is 0.143. The Morgan fingerprint density at radius 3 is 0.333 bits per heavy atom. The third-order valence-electron chi connectivity index (χ3n) is 19.4. The van der Waals surface area contributed by atoms with Crippen LogP contribution in [-0.4, -0.2) is 19.9 Å². The van der Waals surface area contributed by atoms with Gasteiger partial charge in [0.2, 0.25) is 0 Å². The Bertz CT molecular complexity index is 3900. The molecule has 4 heterocycles. The molecule has 24 bridgehead atoms. The van der Waals surface area contributed by atoms with Crippen molar-refractivity contribution in [2.45, 2.75) is 209 Å². The van der Waals surface area contributed by atoms with E-state index >= 15 is 0 Å². The highest BCUT2D eigenvalue weighted by atomic mass is 14.8. The lowest BCUT2D eigenvalue weighted by molar-refractivity contribution is 0.590. The molecule has 4 N–H and O–H groups in total. The van der Waals surface area contributed by atoms with Crippen LogP contribution in [0.3, 0.4) is 0 Å². The molecule has 12 aromatic rings. The van der Waals surface area contributed by atoms with Gasteiger partial charge in [-0.3, -0.25) is 0 Å². The summed E-state index contributed by atoms with van der Waals surface area (Å²) in [6.45, 7) is 57.1. The summed E-state index contributed by atoms with van der Waals surface area (Å²) in [7, 11) is 0. The predicted octanol–water partition coefficient (Wildman–Crippen LogP) is 23.6. The van der Waals surface area contributed by atoms with Crippen LogP contribution >= 0.6 is 0 Å². The standard InChI is InChI=1S/C80H92N4/c1-73(2,3)41-25-49-50-26-42(74(4,5)6)35-59-60-36-45(77(13,14)15)29-53-54-30-47(79(19,20)21)39-63(71(54)83-69(53)60)64-40-48(80(22,23)24)32-56-55-31-46(78(16,17)18)38-62(70(55)84-72(56)64)61-37-44(76(10,11)12)28-52-51-27-43(75(7,8)9)34-58(67(51)82-68(52)61)57(33-41)65(49)81-66(50)59/h25-40,81-84H,1-24H3. The molecule has 8 aromatic carbocycles. The molecule has 0 spiro atoms. The normalized spacial score (nSPS) is 14.2. The van der Waals surface area contributed by atoms with E-state index in [0.29, 0.717) is 0 Å². The topological polar surface area (TPSA) is 63.2 Å². The molecule has 84 heavy (non-hydrogen) atoms. The van der Waals surface area contributed by atoms with Crippen LogP contribution in [0.2, 0.25) is 0 Å². The molecule has 4 aromatic heterocycles. The van der Waals surface area contributed by atoms with Crippen LogP contribution in [0.15, 0.2) is 97.1 Å². The smallest absolute Gasteiger partial charge is 0.0545 e. The SMILES string of the molecule is CC(C)(C)c1cc2c3[nH]c4c(cc(C(C)(C)C)cc4c3c1)-c1cc(C(C)(C)C)cc3c1[nH]c1c(cc(C(C)(C)C)cc13)-c1cc(C(C)(C)C)cc3c1[nH]c1c(cc(C(C)(C)C)cc13)-c1cc(C(C)(C)C)cc3c1[nH]c1c-2cc(C(C)(C)C)cc13. The van der Waals surface area contributed by atoms with E-state index < -0.39 is 0 Å².